The molecule has 1 rings (SSSR count). The van der Waals surface area contributed by atoms with Crippen molar-refractivity contribution in [2.75, 3.05) is 0 Å². The molecule has 17 heavy (non-hydrogen) atoms. The molecule has 1 aromatic rings. The molecule has 0 aromatic heterocycles. The number of nitrogens with zero attached hydrogens (tertiary/aromatic N) is 1. The van der Waals surface area contributed by atoms with Gasteiger partial charge in [-0.2, -0.15) is 0 Å². The van der Waals surface area contributed by atoms with Crippen LogP contribution in [0.2, 0.25) is 0 Å². The van der Waals surface area contributed by atoms with E-state index in [2.05, 4.69) is 0 Å². The fraction of sp³-hybridized carbons (Fsp3) is 0.231. The Kier molecular flexibility index (Phi) is 4.46. The zero-order chi connectivity index (χ0) is 12.8. The van der Waals surface area contributed by atoms with E-state index in [4.69, 9.17) is 5.73 Å². The maximum Gasteiger partial charge on any atom is 0.224 e. The number of allylic oxidation sites excluding steroid dienone is 1. The van der Waals surface area contributed by atoms with Crippen molar-refractivity contribution in [1.29, 1.82) is 0 Å². The smallest absolute Gasteiger partial charge is 0.224 e. The van der Waals surface area contributed by atoms with Gasteiger partial charge < -0.3 is 10.6 Å². The van der Waals surface area contributed by atoms with Crippen molar-refractivity contribution in [2.45, 2.75) is 20.4 Å². The fourth-order valence-corrected chi connectivity index (χ4v) is 1.53. The topological polar surface area (TPSA) is 63.4 Å². The molecule has 0 radical (unpaired) electrons. The minimum atomic E-state index is -0.223. The molecule has 2 N–H and O–H groups in total. The molecule has 0 aliphatic rings. The Labute approximate surface area is 101 Å². The zero-order valence-electron chi connectivity index (χ0n) is 10.0. The molecule has 4 heteroatoms. The summed E-state index contributed by atoms with van der Waals surface area (Å²) in [6.45, 7) is 3.15. The van der Waals surface area contributed by atoms with Crippen molar-refractivity contribution >= 4 is 11.7 Å². The molecule has 1 amide bonds. The highest BCUT2D eigenvalue weighted by molar-refractivity contribution is 5.96. The minimum Gasteiger partial charge on any atom is -0.403 e. The molecule has 1 aromatic carbocycles. The van der Waals surface area contributed by atoms with Gasteiger partial charge in [0, 0.05) is 20.0 Å². The van der Waals surface area contributed by atoms with Crippen molar-refractivity contribution in [3.05, 3.63) is 47.8 Å². The number of rotatable bonds is 4. The molecule has 4 nitrogen and oxygen atoms in total. The van der Waals surface area contributed by atoms with E-state index >= 15 is 0 Å². The van der Waals surface area contributed by atoms with Crippen LogP contribution in [-0.4, -0.2) is 16.6 Å². The summed E-state index contributed by atoms with van der Waals surface area (Å²) in [5.41, 5.74) is 6.56. The van der Waals surface area contributed by atoms with E-state index in [1.54, 1.807) is 0 Å². The SMILES string of the molecule is CC(=O)/C(=C/N)N(Cc1ccccc1)C(C)=O. The molecule has 0 aliphatic heterocycles. The van der Waals surface area contributed by atoms with Crippen LogP contribution >= 0.6 is 0 Å². The molecule has 0 spiro atoms. The molecule has 0 saturated carbocycles. The predicted molar refractivity (Wildman–Crippen MR) is 65.6 cm³/mol. The monoisotopic (exact) mass is 232 g/mol. The zero-order valence-corrected chi connectivity index (χ0v) is 10.0. The van der Waals surface area contributed by atoms with Gasteiger partial charge in [-0.05, 0) is 5.56 Å². The van der Waals surface area contributed by atoms with Gasteiger partial charge in [0.05, 0.1) is 6.54 Å². The number of Topliss-reactive ketones (excluding diaryl/α,β-unsaturated/α-hetero) is 1. The second-order valence-corrected chi connectivity index (χ2v) is 3.70. The Morgan fingerprint density at radius 1 is 1.24 bits per heavy atom. The summed E-state index contributed by atoms with van der Waals surface area (Å²) < 4.78 is 0. The van der Waals surface area contributed by atoms with Crippen LogP contribution in [0.15, 0.2) is 42.2 Å². The molecule has 0 saturated heterocycles. The van der Waals surface area contributed by atoms with Crippen LogP contribution in [0.3, 0.4) is 0 Å². The molecular formula is C13H16N2O2. The largest absolute Gasteiger partial charge is 0.403 e. The van der Waals surface area contributed by atoms with Crippen molar-refractivity contribution in [2.24, 2.45) is 5.73 Å². The van der Waals surface area contributed by atoms with Crippen LogP contribution in [0.1, 0.15) is 19.4 Å². The van der Waals surface area contributed by atoms with Crippen molar-refractivity contribution in [1.82, 2.24) is 4.90 Å². The van der Waals surface area contributed by atoms with Gasteiger partial charge in [0.1, 0.15) is 5.70 Å². The van der Waals surface area contributed by atoms with Crippen LogP contribution in [-0.2, 0) is 16.1 Å². The highest BCUT2D eigenvalue weighted by Gasteiger charge is 2.17. The Bertz CT molecular complexity index is 438. The van der Waals surface area contributed by atoms with E-state index in [0.29, 0.717) is 6.54 Å². The van der Waals surface area contributed by atoms with E-state index in [1.807, 2.05) is 30.3 Å². The number of carbonyl (C=O) groups is 2. The van der Waals surface area contributed by atoms with Crippen molar-refractivity contribution in [3.63, 3.8) is 0 Å². The number of nitrogens with two attached hydrogens (primary N) is 1. The van der Waals surface area contributed by atoms with Gasteiger partial charge in [0.15, 0.2) is 5.78 Å². The predicted octanol–water partition coefficient (Wildman–Crippen LogP) is 1.42. The van der Waals surface area contributed by atoms with E-state index in [-0.39, 0.29) is 17.4 Å². The molecule has 0 atom stereocenters. The molecule has 0 bridgehead atoms. The summed E-state index contributed by atoms with van der Waals surface area (Å²) in [6.07, 6.45) is 1.17. The first kappa shape index (κ1) is 13.0. The van der Waals surface area contributed by atoms with Crippen molar-refractivity contribution < 1.29 is 9.59 Å². The summed E-state index contributed by atoms with van der Waals surface area (Å²) in [4.78, 5) is 24.3. The fourth-order valence-electron chi connectivity index (χ4n) is 1.53. The highest BCUT2D eigenvalue weighted by atomic mass is 16.2. The Hall–Kier alpha value is -2.10. The molecule has 0 fully saturated rings. The molecular weight excluding hydrogens is 216 g/mol. The Balaban J connectivity index is 2.96. The lowest BCUT2D eigenvalue weighted by Gasteiger charge is -2.22. The van der Waals surface area contributed by atoms with Crippen LogP contribution in [0, 0.1) is 0 Å². The van der Waals surface area contributed by atoms with Gasteiger partial charge in [-0.25, -0.2) is 0 Å². The number of carbonyl (C=O) groups excluding carboxylic acids is 2. The average molecular weight is 232 g/mol. The first-order valence-electron chi connectivity index (χ1n) is 5.31. The lowest BCUT2D eigenvalue weighted by Crippen LogP contribution is -2.31. The molecule has 0 unspecified atom stereocenters. The van der Waals surface area contributed by atoms with Gasteiger partial charge in [-0.15, -0.1) is 0 Å². The first-order chi connectivity index (χ1) is 8.06. The van der Waals surface area contributed by atoms with Crippen molar-refractivity contribution in [3.8, 4) is 0 Å². The molecule has 90 valence electrons. The van der Waals surface area contributed by atoms with Crippen LogP contribution in [0.25, 0.3) is 0 Å². The minimum absolute atomic E-state index is 0.208. The summed E-state index contributed by atoms with van der Waals surface area (Å²) in [7, 11) is 0. The van der Waals surface area contributed by atoms with Gasteiger partial charge in [0.25, 0.3) is 0 Å². The lowest BCUT2D eigenvalue weighted by molar-refractivity contribution is -0.130. The van der Waals surface area contributed by atoms with Gasteiger partial charge in [0.2, 0.25) is 5.91 Å². The van der Waals surface area contributed by atoms with E-state index in [9.17, 15) is 9.59 Å². The summed E-state index contributed by atoms with van der Waals surface area (Å²) in [6, 6.07) is 9.45. The Morgan fingerprint density at radius 3 is 2.24 bits per heavy atom. The average Bonchev–Trinajstić information content (AvgIpc) is 2.29. The van der Waals surface area contributed by atoms with E-state index in [1.165, 1.54) is 24.9 Å². The first-order valence-corrected chi connectivity index (χ1v) is 5.31. The van der Waals surface area contributed by atoms with Crippen LogP contribution in [0.4, 0.5) is 0 Å². The summed E-state index contributed by atoms with van der Waals surface area (Å²) in [5.74, 6) is -0.431. The normalized spacial score (nSPS) is 11.1. The second-order valence-electron chi connectivity index (χ2n) is 3.70. The quantitative estimate of drug-likeness (QED) is 0.799. The maximum atomic E-state index is 11.5. The number of amides is 1. The van der Waals surface area contributed by atoms with E-state index in [0.717, 1.165) is 5.56 Å². The standard InChI is InChI=1S/C13H16N2O2/c1-10(16)13(8-14)15(11(2)17)9-12-6-4-3-5-7-12/h3-8H,9,14H2,1-2H3/b13-8-. The molecule has 0 heterocycles. The van der Waals surface area contributed by atoms with Crippen LogP contribution in [0.5, 0.6) is 0 Å². The number of benzene rings is 1. The lowest BCUT2D eigenvalue weighted by atomic mass is 10.2. The maximum absolute atomic E-state index is 11.5. The highest BCUT2D eigenvalue weighted by Crippen LogP contribution is 2.11. The summed E-state index contributed by atoms with van der Waals surface area (Å²) >= 11 is 0. The number of hydrogen-bond acceptors (Lipinski definition) is 3. The Morgan fingerprint density at radius 2 is 1.82 bits per heavy atom. The second kappa shape index (κ2) is 5.84. The third-order valence-corrected chi connectivity index (χ3v) is 2.37. The van der Waals surface area contributed by atoms with Gasteiger partial charge >= 0.3 is 0 Å². The van der Waals surface area contributed by atoms with E-state index < -0.39 is 0 Å². The number of ketones is 1. The summed E-state index contributed by atoms with van der Waals surface area (Å²) in [5, 5.41) is 0. The number of hydrogen-bond donors (Lipinski definition) is 1. The third-order valence-electron chi connectivity index (χ3n) is 2.37. The van der Waals surface area contributed by atoms with Gasteiger partial charge in [-0.3, -0.25) is 9.59 Å². The van der Waals surface area contributed by atoms with Crippen LogP contribution < -0.4 is 5.73 Å². The molecule has 0 aliphatic carbocycles. The van der Waals surface area contributed by atoms with Gasteiger partial charge in [-0.1, -0.05) is 30.3 Å². The third kappa shape index (κ3) is 3.45.